The second-order valence-corrected chi connectivity index (χ2v) is 10.1. The van der Waals surface area contributed by atoms with Gasteiger partial charge in [0.05, 0.1) is 18.7 Å². The molecule has 2 heterocycles. The average Bonchev–Trinajstić information content (AvgIpc) is 3.65. The van der Waals surface area contributed by atoms with Gasteiger partial charge in [-0.25, -0.2) is 14.8 Å². The zero-order valence-electron chi connectivity index (χ0n) is 22.0. The first-order chi connectivity index (χ1) is 19.3. The molecule has 0 aliphatic carbocycles. The molecule has 0 saturated carbocycles. The van der Waals surface area contributed by atoms with Crippen molar-refractivity contribution in [1.29, 1.82) is 0 Å². The number of aromatic amines is 2. The molecule has 0 aliphatic heterocycles. The summed E-state index contributed by atoms with van der Waals surface area (Å²) < 4.78 is 0. The van der Waals surface area contributed by atoms with E-state index in [-0.39, 0.29) is 19.3 Å². The quantitative estimate of drug-likeness (QED) is 0.121. The molecule has 3 aromatic rings. The molecule has 214 valence electrons. The van der Waals surface area contributed by atoms with Crippen molar-refractivity contribution in [2.75, 3.05) is 12.0 Å². The SMILES string of the molecule is CSCCC(NC(=O)C(N)Cc1cnc[nH]1)C(=O)NC(Cc1cnc[nH]1)C(=O)NC(Cc1ccccc1)C(=O)O. The molecule has 8 N–H and O–H groups in total. The number of imidazole rings is 2. The van der Waals surface area contributed by atoms with Gasteiger partial charge in [-0.1, -0.05) is 30.3 Å². The van der Waals surface area contributed by atoms with Gasteiger partial charge in [0.1, 0.15) is 18.1 Å². The van der Waals surface area contributed by atoms with Crippen LogP contribution in [0.25, 0.3) is 0 Å². The zero-order chi connectivity index (χ0) is 28.9. The topological polar surface area (TPSA) is 208 Å². The van der Waals surface area contributed by atoms with E-state index in [1.165, 1.54) is 30.6 Å². The van der Waals surface area contributed by atoms with Crippen LogP contribution in [-0.4, -0.2) is 84.9 Å². The first kappa shape index (κ1) is 30.4. The summed E-state index contributed by atoms with van der Waals surface area (Å²) in [4.78, 5) is 65.0. The van der Waals surface area contributed by atoms with Gasteiger partial charge < -0.3 is 36.8 Å². The molecule has 2 aromatic heterocycles. The third-order valence-electron chi connectivity index (χ3n) is 6.08. The number of rotatable bonds is 16. The number of carboxylic acids is 1. The van der Waals surface area contributed by atoms with E-state index in [2.05, 4.69) is 35.9 Å². The Labute approximate surface area is 235 Å². The highest BCUT2D eigenvalue weighted by Crippen LogP contribution is 2.08. The molecular formula is C26H34N8O5S. The molecule has 0 fully saturated rings. The predicted octanol–water partition coefficient (Wildman–Crippen LogP) is -0.220. The number of carboxylic acid groups (broad SMARTS) is 1. The van der Waals surface area contributed by atoms with Gasteiger partial charge in [-0.2, -0.15) is 11.8 Å². The van der Waals surface area contributed by atoms with Crippen LogP contribution in [0.5, 0.6) is 0 Å². The first-order valence-electron chi connectivity index (χ1n) is 12.6. The van der Waals surface area contributed by atoms with Gasteiger partial charge in [0.2, 0.25) is 17.7 Å². The molecule has 4 atom stereocenters. The third-order valence-corrected chi connectivity index (χ3v) is 6.73. The summed E-state index contributed by atoms with van der Waals surface area (Å²) in [5.41, 5.74) is 8.01. The van der Waals surface area contributed by atoms with Crippen LogP contribution in [0.3, 0.4) is 0 Å². The van der Waals surface area contributed by atoms with Crippen LogP contribution in [0, 0.1) is 0 Å². The molecule has 3 rings (SSSR count). The number of carbonyl (C=O) groups is 4. The Kier molecular flexibility index (Phi) is 11.7. The Morgan fingerprint density at radius 1 is 0.850 bits per heavy atom. The minimum atomic E-state index is -1.22. The van der Waals surface area contributed by atoms with Gasteiger partial charge in [-0.3, -0.25) is 14.4 Å². The van der Waals surface area contributed by atoms with E-state index in [1.54, 1.807) is 30.5 Å². The second-order valence-electron chi connectivity index (χ2n) is 9.16. The third kappa shape index (κ3) is 9.54. The maximum atomic E-state index is 13.4. The normalized spacial score (nSPS) is 13.9. The van der Waals surface area contributed by atoms with Gasteiger partial charge in [0.25, 0.3) is 0 Å². The fraction of sp³-hybridized carbons (Fsp3) is 0.385. The molecule has 1 aromatic carbocycles. The number of benzene rings is 1. The maximum Gasteiger partial charge on any atom is 0.326 e. The molecule has 14 heteroatoms. The minimum Gasteiger partial charge on any atom is -0.480 e. The van der Waals surface area contributed by atoms with Crippen molar-refractivity contribution in [3.05, 3.63) is 72.3 Å². The molecule has 0 bridgehead atoms. The number of hydrogen-bond acceptors (Lipinski definition) is 8. The van der Waals surface area contributed by atoms with Gasteiger partial charge in [-0.05, 0) is 24.0 Å². The number of carbonyl (C=O) groups excluding carboxylic acids is 3. The van der Waals surface area contributed by atoms with Crippen LogP contribution in [0.1, 0.15) is 23.4 Å². The average molecular weight is 571 g/mol. The second kappa shape index (κ2) is 15.4. The molecule has 3 amide bonds. The van der Waals surface area contributed by atoms with E-state index >= 15 is 0 Å². The molecule has 0 aliphatic rings. The highest BCUT2D eigenvalue weighted by Gasteiger charge is 2.31. The van der Waals surface area contributed by atoms with Crippen molar-refractivity contribution in [1.82, 2.24) is 35.9 Å². The fourth-order valence-electron chi connectivity index (χ4n) is 3.93. The standard InChI is InChI=1S/C26H34N8O5S/c1-40-8-7-20(32-23(35)19(27)10-17-12-28-14-30-17)24(36)33-21(11-18-13-29-15-31-18)25(37)34-22(26(38)39)9-16-5-3-2-4-6-16/h2-6,12-15,19-22H,7-11,27H2,1H3,(H,28,30)(H,29,31)(H,32,35)(H,33,36)(H,34,37)(H,38,39). The van der Waals surface area contributed by atoms with Gasteiger partial charge >= 0.3 is 5.97 Å². The highest BCUT2D eigenvalue weighted by atomic mass is 32.2. The van der Waals surface area contributed by atoms with Crippen molar-refractivity contribution in [2.45, 2.75) is 49.9 Å². The number of H-pyrrole nitrogens is 2. The Morgan fingerprint density at radius 2 is 1.43 bits per heavy atom. The predicted molar refractivity (Wildman–Crippen MR) is 149 cm³/mol. The Bertz CT molecular complexity index is 1220. The molecule has 0 spiro atoms. The Balaban J connectivity index is 1.72. The lowest BCUT2D eigenvalue weighted by molar-refractivity contribution is -0.142. The fourth-order valence-corrected chi connectivity index (χ4v) is 4.40. The lowest BCUT2D eigenvalue weighted by Gasteiger charge is -2.25. The molecule has 0 radical (unpaired) electrons. The molecule has 0 saturated heterocycles. The number of nitrogens with zero attached hydrogens (tertiary/aromatic N) is 2. The number of amides is 3. The van der Waals surface area contributed by atoms with Crippen molar-refractivity contribution in [2.24, 2.45) is 5.73 Å². The summed E-state index contributed by atoms with van der Waals surface area (Å²) in [5, 5.41) is 17.7. The summed E-state index contributed by atoms with van der Waals surface area (Å²) >= 11 is 1.49. The number of hydrogen-bond donors (Lipinski definition) is 7. The van der Waals surface area contributed by atoms with Crippen LogP contribution in [0.2, 0.25) is 0 Å². The molecule has 13 nitrogen and oxygen atoms in total. The summed E-state index contributed by atoms with van der Waals surface area (Å²) in [6.45, 7) is 0. The van der Waals surface area contributed by atoms with E-state index in [0.717, 1.165) is 5.56 Å². The van der Waals surface area contributed by atoms with Crippen molar-refractivity contribution < 1.29 is 24.3 Å². The Hall–Kier alpha value is -4.17. The van der Waals surface area contributed by atoms with E-state index in [1.807, 2.05) is 12.3 Å². The monoisotopic (exact) mass is 570 g/mol. The summed E-state index contributed by atoms with van der Waals surface area (Å²) in [6, 6.07) is 4.64. The van der Waals surface area contributed by atoms with E-state index in [9.17, 15) is 24.3 Å². The van der Waals surface area contributed by atoms with E-state index in [4.69, 9.17) is 5.73 Å². The zero-order valence-corrected chi connectivity index (χ0v) is 22.8. The van der Waals surface area contributed by atoms with Crippen LogP contribution in [0.4, 0.5) is 0 Å². The lowest BCUT2D eigenvalue weighted by atomic mass is 10.0. The summed E-state index contributed by atoms with van der Waals surface area (Å²) in [6.07, 6.45) is 8.43. The van der Waals surface area contributed by atoms with Crippen molar-refractivity contribution in [3.8, 4) is 0 Å². The lowest BCUT2D eigenvalue weighted by Crippen LogP contribution is -2.58. The van der Waals surface area contributed by atoms with Gasteiger partial charge in [-0.15, -0.1) is 0 Å². The highest BCUT2D eigenvalue weighted by molar-refractivity contribution is 7.98. The molecular weight excluding hydrogens is 536 g/mol. The van der Waals surface area contributed by atoms with Crippen molar-refractivity contribution >= 4 is 35.5 Å². The smallest absolute Gasteiger partial charge is 0.326 e. The summed E-state index contributed by atoms with van der Waals surface area (Å²) in [7, 11) is 0. The van der Waals surface area contributed by atoms with Crippen LogP contribution in [0.15, 0.2) is 55.4 Å². The largest absolute Gasteiger partial charge is 0.480 e. The van der Waals surface area contributed by atoms with E-state index in [0.29, 0.717) is 23.6 Å². The number of aromatic nitrogens is 4. The molecule has 40 heavy (non-hydrogen) atoms. The molecule has 4 unspecified atom stereocenters. The van der Waals surface area contributed by atoms with Crippen molar-refractivity contribution in [3.63, 3.8) is 0 Å². The van der Waals surface area contributed by atoms with Gasteiger partial charge in [0, 0.05) is 43.0 Å². The minimum absolute atomic E-state index is 0.0256. The Morgan fingerprint density at radius 3 is 2.00 bits per heavy atom. The number of aliphatic carboxylic acids is 1. The van der Waals surface area contributed by atoms with E-state index < -0.39 is 47.9 Å². The summed E-state index contributed by atoms with van der Waals surface area (Å²) in [5.74, 6) is -2.45. The van der Waals surface area contributed by atoms with Crippen LogP contribution in [-0.2, 0) is 38.4 Å². The van der Waals surface area contributed by atoms with Crippen LogP contribution >= 0.6 is 11.8 Å². The number of nitrogens with one attached hydrogen (secondary N) is 5. The number of thioether (sulfide) groups is 1. The maximum absolute atomic E-state index is 13.4. The first-order valence-corrected chi connectivity index (χ1v) is 14.0. The van der Waals surface area contributed by atoms with Gasteiger partial charge in [0.15, 0.2) is 0 Å². The van der Waals surface area contributed by atoms with Crippen LogP contribution < -0.4 is 21.7 Å². The number of nitrogens with two attached hydrogens (primary N) is 1.